The van der Waals surface area contributed by atoms with E-state index in [1.165, 1.54) is 7.11 Å². The average Bonchev–Trinajstić information content (AvgIpc) is 1.65. The van der Waals surface area contributed by atoms with Gasteiger partial charge in [0.25, 0.3) is 0 Å². The molecule has 6 heavy (non-hydrogen) atoms. The summed E-state index contributed by atoms with van der Waals surface area (Å²) in [5.41, 5.74) is 3.28. The normalized spacial score (nSPS) is 7.67. The number of carbonyl (C=O) groups excluding carboxylic acids is 1. The van der Waals surface area contributed by atoms with Crippen molar-refractivity contribution in [3.8, 4) is 0 Å². The highest BCUT2D eigenvalue weighted by molar-refractivity contribution is 5.69. The van der Waals surface area contributed by atoms with E-state index in [-0.39, 0.29) is 12.5 Å². The van der Waals surface area contributed by atoms with Gasteiger partial charge in [0, 0.05) is 0 Å². The predicted molar refractivity (Wildman–Crippen MR) is 19.8 cm³/mol. The zero-order valence-electron chi connectivity index (χ0n) is 3.73. The van der Waals surface area contributed by atoms with Gasteiger partial charge in [-0.1, -0.05) is 0 Å². The van der Waals surface area contributed by atoms with E-state index in [2.05, 4.69) is 10.5 Å². The van der Waals surface area contributed by atoms with Crippen LogP contribution in [0.3, 0.4) is 0 Å². The van der Waals surface area contributed by atoms with Gasteiger partial charge in [0.1, 0.15) is 0 Å². The Kier molecular flexibility index (Phi) is 2.40. The Morgan fingerprint density at radius 2 is 2.50 bits per heavy atom. The van der Waals surface area contributed by atoms with Crippen LogP contribution in [0.5, 0.6) is 0 Å². The molecule has 0 unspecified atom stereocenters. The van der Waals surface area contributed by atoms with Gasteiger partial charge in [-0.25, -0.2) is 4.79 Å². The number of methoxy groups -OCH3 is 1. The van der Waals surface area contributed by atoms with E-state index in [0.717, 1.165) is 0 Å². The zero-order valence-corrected chi connectivity index (χ0v) is 3.73. The third-order valence-electron chi connectivity index (χ3n) is 0.432. The van der Waals surface area contributed by atoms with Crippen LogP contribution in [-0.2, 0) is 9.53 Å². The molecule has 36 valence electrons. The second-order valence-electron chi connectivity index (χ2n) is 0.826. The topological polar surface area (TPSA) is 53.9 Å². The summed E-state index contributed by atoms with van der Waals surface area (Å²) in [5.74, 6) is -0.269. The van der Waals surface area contributed by atoms with Gasteiger partial charge in [-0.05, 0) is 0 Å². The minimum Gasteiger partial charge on any atom is -0.465 e. The Morgan fingerprint density at radius 1 is 2.00 bits per heavy atom. The maximum absolute atomic E-state index is 9.90. The molecule has 3 N–H and O–H groups in total. The van der Waals surface area contributed by atoms with Gasteiger partial charge in [0.15, 0.2) is 6.54 Å². The first-order chi connectivity index (χ1) is 2.81. The summed E-state index contributed by atoms with van der Waals surface area (Å²) >= 11 is 0. The monoisotopic (exact) mass is 91.1 g/mol. The molecule has 0 aliphatic heterocycles. The molecular weight excluding hydrogens is 83.0 g/mol. The van der Waals surface area contributed by atoms with Crippen LogP contribution in [0.25, 0.3) is 0 Å². The fourth-order valence-electron chi connectivity index (χ4n) is 0.102. The number of quaternary nitrogens is 1. The quantitative estimate of drug-likeness (QED) is 0.312. The number of esters is 1. The largest absolute Gasteiger partial charge is 0.465 e. The van der Waals surface area contributed by atoms with Gasteiger partial charge in [0.05, 0.1) is 7.11 Å². The summed E-state index contributed by atoms with van der Waals surface area (Å²) < 4.78 is 4.20. The third kappa shape index (κ3) is 1.72. The lowest BCUT2D eigenvalue weighted by Gasteiger charge is -1.85. The molecule has 0 radical (unpaired) electrons. The lowest BCUT2D eigenvalue weighted by molar-refractivity contribution is -0.359. The molecule has 0 aromatic carbocycles. The van der Waals surface area contributed by atoms with Crippen molar-refractivity contribution >= 4 is 5.97 Å². The van der Waals surface area contributed by atoms with E-state index >= 15 is 0 Å². The molecule has 0 aromatic rings. The zero-order chi connectivity index (χ0) is 4.99. The van der Waals surface area contributed by atoms with Crippen molar-refractivity contribution < 1.29 is 15.3 Å². The van der Waals surface area contributed by atoms with Crippen LogP contribution in [0.4, 0.5) is 0 Å². The molecule has 0 saturated carbocycles. The Bertz CT molecular complexity index is 46.8. The lowest BCUT2D eigenvalue weighted by atomic mass is 10.7. The number of carbonyl (C=O) groups is 1. The van der Waals surface area contributed by atoms with Gasteiger partial charge in [0.2, 0.25) is 0 Å². The highest BCUT2D eigenvalue weighted by atomic mass is 16.5. The molecule has 0 bridgehead atoms. The summed E-state index contributed by atoms with van der Waals surface area (Å²) in [6.07, 6.45) is 0. The first-order valence-electron chi connectivity index (χ1n) is 1.67. The fraction of sp³-hybridized carbons (Fsp3) is 0.667. The molecule has 3 nitrogen and oxygen atoms in total. The fourth-order valence-corrected chi connectivity index (χ4v) is 0.102. The second kappa shape index (κ2) is 2.66. The molecule has 0 aromatic heterocycles. The molecule has 0 rings (SSSR count). The van der Waals surface area contributed by atoms with Crippen molar-refractivity contribution in [1.29, 1.82) is 0 Å². The standard InChI is InChI=1S/C3H7NO2/c1-6-3(5)2-4/h2,4H2,1H3/p+1/i4+1. The van der Waals surface area contributed by atoms with E-state index in [1.54, 1.807) is 0 Å². The van der Waals surface area contributed by atoms with E-state index in [4.69, 9.17) is 0 Å². The molecule has 0 aliphatic rings. The van der Waals surface area contributed by atoms with Crippen LogP contribution >= 0.6 is 0 Å². The molecule has 3 heteroatoms. The second-order valence-corrected chi connectivity index (χ2v) is 0.826. The molecule has 0 aliphatic carbocycles. The molecule has 0 atom stereocenters. The van der Waals surface area contributed by atoms with Gasteiger partial charge in [-0.15, -0.1) is 0 Å². The number of ether oxygens (including phenoxy) is 1. The van der Waals surface area contributed by atoms with E-state index in [1.807, 2.05) is 0 Å². The van der Waals surface area contributed by atoms with Crippen LogP contribution in [0.2, 0.25) is 0 Å². The molecule has 0 saturated heterocycles. The minimum atomic E-state index is -0.269. The summed E-state index contributed by atoms with van der Waals surface area (Å²) in [6, 6.07) is 0. The molecular formula is C3H8NO2+. The summed E-state index contributed by atoms with van der Waals surface area (Å²) in [7, 11) is 1.34. The average molecular weight is 91.1 g/mol. The van der Waals surface area contributed by atoms with E-state index in [9.17, 15) is 4.79 Å². The van der Waals surface area contributed by atoms with Gasteiger partial charge >= 0.3 is 5.97 Å². The lowest BCUT2D eigenvalue weighted by Crippen LogP contribution is -2.54. The van der Waals surface area contributed by atoms with Crippen molar-refractivity contribution in [3.05, 3.63) is 0 Å². The van der Waals surface area contributed by atoms with Crippen molar-refractivity contribution in [2.45, 2.75) is 0 Å². The van der Waals surface area contributed by atoms with Crippen LogP contribution < -0.4 is 5.73 Å². The smallest absolute Gasteiger partial charge is 0.361 e. The van der Waals surface area contributed by atoms with Crippen molar-refractivity contribution in [3.63, 3.8) is 0 Å². The molecule has 0 fully saturated rings. The first-order valence-corrected chi connectivity index (χ1v) is 1.67. The van der Waals surface area contributed by atoms with Crippen LogP contribution in [0, 0.1) is 0 Å². The van der Waals surface area contributed by atoms with Crippen LogP contribution in [0.15, 0.2) is 0 Å². The van der Waals surface area contributed by atoms with Crippen molar-refractivity contribution in [1.82, 2.24) is 0 Å². The third-order valence-corrected chi connectivity index (χ3v) is 0.432. The summed E-state index contributed by atoms with van der Waals surface area (Å²) in [5, 5.41) is 0. The maximum Gasteiger partial charge on any atom is 0.361 e. The Balaban J connectivity index is 2.99. The van der Waals surface area contributed by atoms with E-state index < -0.39 is 0 Å². The number of hydrogen-bond donors (Lipinski definition) is 1. The first kappa shape index (κ1) is 5.43. The Hall–Kier alpha value is -0.570. The predicted octanol–water partition coefficient (Wildman–Crippen LogP) is -1.60. The Morgan fingerprint density at radius 3 is 2.50 bits per heavy atom. The summed E-state index contributed by atoms with van der Waals surface area (Å²) in [6.45, 7) is 0.219. The van der Waals surface area contributed by atoms with Gasteiger partial charge in [-0.3, -0.25) is 0 Å². The molecule has 0 heterocycles. The van der Waals surface area contributed by atoms with Crippen molar-refractivity contribution in [2.24, 2.45) is 0 Å². The minimum absolute atomic E-state index is 0.219. The maximum atomic E-state index is 9.90. The van der Waals surface area contributed by atoms with E-state index in [0.29, 0.717) is 0 Å². The van der Waals surface area contributed by atoms with Crippen LogP contribution in [-0.4, -0.2) is 19.6 Å². The molecule has 0 amide bonds. The van der Waals surface area contributed by atoms with Gasteiger partial charge < -0.3 is 10.5 Å². The molecule has 0 spiro atoms. The SMILES string of the molecule is COC(=O)C[15NH3+]. The van der Waals surface area contributed by atoms with Gasteiger partial charge in [-0.2, -0.15) is 0 Å². The highest BCUT2D eigenvalue weighted by Crippen LogP contribution is 1.59. The number of rotatable bonds is 1. The highest BCUT2D eigenvalue weighted by Gasteiger charge is 1.91. The number of hydrogen-bond acceptors (Lipinski definition) is 2. The van der Waals surface area contributed by atoms with Crippen molar-refractivity contribution in [2.75, 3.05) is 13.7 Å². The van der Waals surface area contributed by atoms with Crippen LogP contribution in [0.1, 0.15) is 0 Å². The Labute approximate surface area is 36.1 Å². The summed E-state index contributed by atoms with van der Waals surface area (Å²) in [4.78, 5) is 9.90.